The summed E-state index contributed by atoms with van der Waals surface area (Å²) in [5.74, 6) is 0. The molecule has 0 amide bonds. The predicted molar refractivity (Wildman–Crippen MR) is 68.5 cm³/mol. The molecule has 0 saturated carbocycles. The first-order valence-electron chi connectivity index (χ1n) is 5.82. The van der Waals surface area contributed by atoms with Crippen molar-refractivity contribution in [3.63, 3.8) is 0 Å². The van der Waals surface area contributed by atoms with E-state index < -0.39 is 0 Å². The lowest BCUT2D eigenvalue weighted by atomic mass is 10.1. The van der Waals surface area contributed by atoms with Crippen molar-refractivity contribution >= 4 is 0 Å². The highest BCUT2D eigenvalue weighted by atomic mass is 15.1. The number of rotatable bonds is 5. The first-order chi connectivity index (χ1) is 7.52. The van der Waals surface area contributed by atoms with Crippen LogP contribution in [-0.4, -0.2) is 36.6 Å². The summed E-state index contributed by atoms with van der Waals surface area (Å²) in [6.07, 6.45) is 3.79. The molecule has 3 nitrogen and oxygen atoms in total. The molecule has 2 unspecified atom stereocenters. The molecule has 16 heavy (non-hydrogen) atoms. The second-order valence-electron chi connectivity index (χ2n) is 4.67. The Morgan fingerprint density at radius 3 is 2.62 bits per heavy atom. The van der Waals surface area contributed by atoms with E-state index in [1.165, 1.54) is 11.1 Å². The summed E-state index contributed by atoms with van der Waals surface area (Å²) in [4.78, 5) is 6.40. The summed E-state index contributed by atoms with van der Waals surface area (Å²) in [5, 5.41) is 3.54. The van der Waals surface area contributed by atoms with Gasteiger partial charge in [0.2, 0.25) is 0 Å². The van der Waals surface area contributed by atoms with Gasteiger partial charge in [0.15, 0.2) is 0 Å². The molecule has 1 heterocycles. The van der Waals surface area contributed by atoms with E-state index in [1.807, 2.05) is 12.4 Å². The SMILES string of the molecule is Cc1ccncc1C(C)NCC(C)N(C)C. The molecule has 1 aromatic rings. The van der Waals surface area contributed by atoms with Crippen molar-refractivity contribution < 1.29 is 0 Å². The molecule has 0 bridgehead atoms. The van der Waals surface area contributed by atoms with Gasteiger partial charge in [0.25, 0.3) is 0 Å². The van der Waals surface area contributed by atoms with Gasteiger partial charge in [-0.1, -0.05) is 0 Å². The van der Waals surface area contributed by atoms with Gasteiger partial charge in [0, 0.05) is 31.0 Å². The molecule has 0 aliphatic heterocycles. The molecule has 3 heteroatoms. The maximum atomic E-state index is 4.18. The van der Waals surface area contributed by atoms with Crippen molar-refractivity contribution in [3.8, 4) is 0 Å². The summed E-state index contributed by atoms with van der Waals surface area (Å²) in [6.45, 7) is 7.52. The van der Waals surface area contributed by atoms with Crippen molar-refractivity contribution in [2.24, 2.45) is 0 Å². The maximum Gasteiger partial charge on any atom is 0.0318 e. The van der Waals surface area contributed by atoms with E-state index in [-0.39, 0.29) is 0 Å². The lowest BCUT2D eigenvalue weighted by Gasteiger charge is -2.23. The molecular formula is C13H23N3. The van der Waals surface area contributed by atoms with Gasteiger partial charge in [-0.2, -0.15) is 0 Å². The number of nitrogens with zero attached hydrogens (tertiary/aromatic N) is 2. The summed E-state index contributed by atoms with van der Waals surface area (Å²) < 4.78 is 0. The highest BCUT2D eigenvalue weighted by Gasteiger charge is 2.10. The molecule has 0 aliphatic rings. The van der Waals surface area contributed by atoms with Gasteiger partial charge in [-0.15, -0.1) is 0 Å². The molecular weight excluding hydrogens is 198 g/mol. The highest BCUT2D eigenvalue weighted by molar-refractivity contribution is 5.24. The zero-order valence-electron chi connectivity index (χ0n) is 11.0. The Morgan fingerprint density at radius 1 is 1.38 bits per heavy atom. The van der Waals surface area contributed by atoms with Crippen molar-refractivity contribution in [3.05, 3.63) is 29.6 Å². The third-order valence-electron chi connectivity index (χ3n) is 3.15. The molecule has 90 valence electrons. The third-order valence-corrected chi connectivity index (χ3v) is 3.15. The third kappa shape index (κ3) is 3.58. The number of pyridine rings is 1. The van der Waals surface area contributed by atoms with E-state index in [2.05, 4.69) is 56.1 Å². The average molecular weight is 221 g/mol. The van der Waals surface area contributed by atoms with Gasteiger partial charge >= 0.3 is 0 Å². The first-order valence-corrected chi connectivity index (χ1v) is 5.82. The standard InChI is InChI=1S/C13H23N3/c1-10-6-7-14-9-13(10)12(3)15-8-11(2)16(4)5/h6-7,9,11-12,15H,8H2,1-5H3. The van der Waals surface area contributed by atoms with E-state index in [0.29, 0.717) is 12.1 Å². The minimum Gasteiger partial charge on any atom is -0.309 e. The molecule has 1 aromatic heterocycles. The van der Waals surface area contributed by atoms with Crippen LogP contribution in [0.25, 0.3) is 0 Å². The number of nitrogens with one attached hydrogen (secondary N) is 1. The van der Waals surface area contributed by atoms with Gasteiger partial charge in [-0.05, 0) is 52.1 Å². The van der Waals surface area contributed by atoms with Gasteiger partial charge < -0.3 is 10.2 Å². The fraction of sp³-hybridized carbons (Fsp3) is 0.615. The molecule has 0 aliphatic carbocycles. The Morgan fingerprint density at radius 2 is 2.06 bits per heavy atom. The van der Waals surface area contributed by atoms with Gasteiger partial charge in [-0.3, -0.25) is 4.98 Å². The maximum absolute atomic E-state index is 4.18. The van der Waals surface area contributed by atoms with Crippen LogP contribution in [0.1, 0.15) is 31.0 Å². The summed E-state index contributed by atoms with van der Waals surface area (Å²) in [5.41, 5.74) is 2.58. The second kappa shape index (κ2) is 5.97. The van der Waals surface area contributed by atoms with Crippen LogP contribution in [-0.2, 0) is 0 Å². The van der Waals surface area contributed by atoms with Crippen molar-refractivity contribution in [2.75, 3.05) is 20.6 Å². The normalized spacial score (nSPS) is 15.1. The summed E-state index contributed by atoms with van der Waals surface area (Å²) in [7, 11) is 4.21. The number of aryl methyl sites for hydroxylation is 1. The molecule has 2 atom stereocenters. The Bertz CT molecular complexity index is 323. The van der Waals surface area contributed by atoms with Gasteiger partial charge in [-0.25, -0.2) is 0 Å². The Hall–Kier alpha value is -0.930. The van der Waals surface area contributed by atoms with Gasteiger partial charge in [0.05, 0.1) is 0 Å². The minimum atomic E-state index is 0.358. The highest BCUT2D eigenvalue weighted by Crippen LogP contribution is 2.15. The average Bonchev–Trinajstić information content (AvgIpc) is 2.25. The van der Waals surface area contributed by atoms with E-state index in [0.717, 1.165) is 6.54 Å². The monoisotopic (exact) mass is 221 g/mol. The lowest BCUT2D eigenvalue weighted by Crippen LogP contribution is -2.36. The fourth-order valence-electron chi connectivity index (χ4n) is 1.57. The Labute approximate surface area is 98.9 Å². The summed E-state index contributed by atoms with van der Waals surface area (Å²) in [6, 6.07) is 2.96. The Kier molecular flexibility index (Phi) is 4.90. The lowest BCUT2D eigenvalue weighted by molar-refractivity contribution is 0.295. The molecule has 0 aromatic carbocycles. The van der Waals surface area contributed by atoms with E-state index in [1.54, 1.807) is 0 Å². The van der Waals surface area contributed by atoms with Crippen LogP contribution < -0.4 is 5.32 Å². The Balaban J connectivity index is 2.53. The van der Waals surface area contributed by atoms with Crippen LogP contribution >= 0.6 is 0 Å². The zero-order chi connectivity index (χ0) is 12.1. The zero-order valence-corrected chi connectivity index (χ0v) is 11.0. The molecule has 1 rings (SSSR count). The van der Waals surface area contributed by atoms with Crippen molar-refractivity contribution in [2.45, 2.75) is 32.9 Å². The largest absolute Gasteiger partial charge is 0.309 e. The van der Waals surface area contributed by atoms with E-state index >= 15 is 0 Å². The smallest absolute Gasteiger partial charge is 0.0318 e. The fourth-order valence-corrected chi connectivity index (χ4v) is 1.57. The van der Waals surface area contributed by atoms with E-state index in [4.69, 9.17) is 0 Å². The van der Waals surface area contributed by atoms with Crippen LogP contribution in [0.5, 0.6) is 0 Å². The van der Waals surface area contributed by atoms with Crippen LogP contribution in [0, 0.1) is 6.92 Å². The topological polar surface area (TPSA) is 28.2 Å². The van der Waals surface area contributed by atoms with E-state index in [9.17, 15) is 0 Å². The molecule has 0 radical (unpaired) electrons. The predicted octanol–water partition coefficient (Wildman–Crippen LogP) is 1.99. The van der Waals surface area contributed by atoms with Crippen LogP contribution in [0.15, 0.2) is 18.5 Å². The molecule has 0 spiro atoms. The van der Waals surface area contributed by atoms with Crippen molar-refractivity contribution in [1.82, 2.24) is 15.2 Å². The molecule has 0 saturated heterocycles. The summed E-state index contributed by atoms with van der Waals surface area (Å²) >= 11 is 0. The quantitative estimate of drug-likeness (QED) is 0.824. The van der Waals surface area contributed by atoms with Crippen LogP contribution in [0.4, 0.5) is 0 Å². The van der Waals surface area contributed by atoms with Crippen LogP contribution in [0.3, 0.4) is 0 Å². The van der Waals surface area contributed by atoms with Crippen LogP contribution in [0.2, 0.25) is 0 Å². The molecule has 1 N–H and O–H groups in total. The van der Waals surface area contributed by atoms with Crippen molar-refractivity contribution in [1.29, 1.82) is 0 Å². The van der Waals surface area contributed by atoms with Gasteiger partial charge in [0.1, 0.15) is 0 Å². The molecule has 0 fully saturated rings. The number of likely N-dealkylation sites (N-methyl/N-ethyl adjacent to an activating group) is 1. The second-order valence-corrected chi connectivity index (χ2v) is 4.67. The minimum absolute atomic E-state index is 0.358. The number of hydrogen-bond acceptors (Lipinski definition) is 3. The first kappa shape index (κ1) is 13.1. The number of aromatic nitrogens is 1. The number of hydrogen-bond donors (Lipinski definition) is 1.